The summed E-state index contributed by atoms with van der Waals surface area (Å²) in [5.41, 5.74) is 19.9. The summed E-state index contributed by atoms with van der Waals surface area (Å²) in [6.07, 6.45) is -5.22. The number of ether oxygens (including phenoxy) is 1. The number of carboxylic acid groups (broad SMARTS) is 1. The monoisotopic (exact) mass is 729 g/mol. The van der Waals surface area contributed by atoms with Gasteiger partial charge < -0.3 is 36.8 Å². The number of hydrogen-bond donors (Lipinski definition) is 5. The molecule has 0 saturated carbocycles. The molecule has 0 aliphatic rings. The molecule has 17 heteroatoms. The molecule has 280 valence electrons. The summed E-state index contributed by atoms with van der Waals surface area (Å²) >= 11 is 0. The molecule has 8 N–H and O–H groups in total. The zero-order chi connectivity index (χ0) is 38.8. The van der Waals surface area contributed by atoms with Gasteiger partial charge >= 0.3 is 24.3 Å². The van der Waals surface area contributed by atoms with Crippen LogP contribution >= 0.6 is 0 Å². The molecule has 3 aromatic rings. The minimum atomic E-state index is -5.08. The topological polar surface area (TPSA) is 224 Å². The first-order chi connectivity index (χ1) is 24.5. The molecule has 3 rings (SSSR count). The number of alkyl carbamates (subject to hydrolysis) is 1. The maximum atomic E-state index is 14.5. The highest BCUT2D eigenvalue weighted by Gasteiger charge is 2.38. The largest absolute Gasteiger partial charge is 0.490 e. The van der Waals surface area contributed by atoms with Gasteiger partial charge in [0.1, 0.15) is 6.04 Å². The number of carboxylic acids is 1. The number of hydrogen-bond acceptors (Lipinski definition) is 7. The lowest BCUT2D eigenvalue weighted by atomic mass is 9.89. The summed E-state index contributed by atoms with van der Waals surface area (Å²) in [5.74, 6) is -4.42. The molecule has 0 bridgehead atoms. The number of primary amides is 1. The number of benzene rings is 3. The number of guanidine groups is 1. The van der Waals surface area contributed by atoms with Crippen molar-refractivity contribution in [2.75, 3.05) is 20.2 Å². The first-order valence-corrected chi connectivity index (χ1v) is 15.9. The van der Waals surface area contributed by atoms with Gasteiger partial charge in [0, 0.05) is 26.7 Å². The Bertz CT molecular complexity index is 1620. The molecule has 0 aliphatic heterocycles. The maximum Gasteiger partial charge on any atom is 0.490 e. The number of nitrogens with two attached hydrogens (primary N) is 3. The minimum Gasteiger partial charge on any atom is -0.475 e. The SMILES string of the molecule is CCOC(=O)NC(=O)N(C)Cc1ccc(CN(C(=O)C(c2ccccc2)c2ccccc2)[C@H](CCCN=C(N)N)C(N)=O)cc1.O=C(O)C(F)(F)F. The fourth-order valence-corrected chi connectivity index (χ4v) is 4.86. The third-order valence-electron chi connectivity index (χ3n) is 7.30. The first-order valence-electron chi connectivity index (χ1n) is 15.9. The van der Waals surface area contributed by atoms with Gasteiger partial charge in [-0.15, -0.1) is 0 Å². The number of imide groups is 1. The number of rotatable bonds is 14. The number of aliphatic imine (C=N–C) groups is 1. The van der Waals surface area contributed by atoms with Crippen molar-refractivity contribution in [3.05, 3.63) is 107 Å². The number of aliphatic carboxylic acids is 1. The lowest BCUT2D eigenvalue weighted by molar-refractivity contribution is -0.192. The van der Waals surface area contributed by atoms with Crippen molar-refractivity contribution in [2.24, 2.45) is 22.2 Å². The molecule has 0 radical (unpaired) electrons. The zero-order valence-electron chi connectivity index (χ0n) is 28.6. The predicted molar refractivity (Wildman–Crippen MR) is 185 cm³/mol. The van der Waals surface area contributed by atoms with Gasteiger partial charge in [0.25, 0.3) is 0 Å². The van der Waals surface area contributed by atoms with E-state index in [1.807, 2.05) is 84.9 Å². The second-order valence-electron chi connectivity index (χ2n) is 11.2. The van der Waals surface area contributed by atoms with Crippen molar-refractivity contribution in [1.82, 2.24) is 15.1 Å². The Morgan fingerprint density at radius 1 is 0.846 bits per heavy atom. The molecule has 0 spiro atoms. The molecule has 0 aliphatic carbocycles. The van der Waals surface area contributed by atoms with E-state index in [9.17, 15) is 32.3 Å². The lowest BCUT2D eigenvalue weighted by Gasteiger charge is -2.33. The summed E-state index contributed by atoms with van der Waals surface area (Å²) in [4.78, 5) is 67.1. The lowest BCUT2D eigenvalue weighted by Crippen LogP contribution is -2.49. The molecule has 0 saturated heterocycles. The van der Waals surface area contributed by atoms with Crippen molar-refractivity contribution >= 4 is 35.9 Å². The van der Waals surface area contributed by atoms with Gasteiger partial charge in [-0.05, 0) is 42.0 Å². The van der Waals surface area contributed by atoms with Crippen LogP contribution in [0.5, 0.6) is 0 Å². The highest BCUT2D eigenvalue weighted by Crippen LogP contribution is 2.29. The summed E-state index contributed by atoms with van der Waals surface area (Å²) in [6, 6.07) is 24.5. The van der Waals surface area contributed by atoms with E-state index < -0.39 is 42.1 Å². The highest BCUT2D eigenvalue weighted by atomic mass is 19.4. The number of amides is 5. The number of nitrogens with zero attached hydrogens (tertiary/aromatic N) is 3. The molecule has 1 atom stereocenters. The van der Waals surface area contributed by atoms with Gasteiger partial charge in [-0.3, -0.25) is 14.6 Å². The Morgan fingerprint density at radius 2 is 1.33 bits per heavy atom. The van der Waals surface area contributed by atoms with Crippen LogP contribution in [0.2, 0.25) is 0 Å². The fraction of sp³-hybridized carbons (Fsp3) is 0.314. The molecule has 3 aromatic carbocycles. The van der Waals surface area contributed by atoms with Crippen molar-refractivity contribution in [1.29, 1.82) is 0 Å². The summed E-state index contributed by atoms with van der Waals surface area (Å²) in [5, 5.41) is 9.28. The van der Waals surface area contributed by atoms with Crippen LogP contribution in [0.3, 0.4) is 0 Å². The van der Waals surface area contributed by atoms with Crippen LogP contribution in [0.15, 0.2) is 89.9 Å². The van der Waals surface area contributed by atoms with E-state index in [1.165, 1.54) is 9.80 Å². The Hall–Kier alpha value is -6.13. The van der Waals surface area contributed by atoms with Crippen molar-refractivity contribution < 1.29 is 47.0 Å². The first kappa shape index (κ1) is 42.0. The van der Waals surface area contributed by atoms with Gasteiger partial charge in [0.15, 0.2) is 5.96 Å². The summed E-state index contributed by atoms with van der Waals surface area (Å²) in [7, 11) is 1.55. The normalized spacial score (nSPS) is 11.3. The number of nitrogens with one attached hydrogen (secondary N) is 1. The zero-order valence-corrected chi connectivity index (χ0v) is 28.6. The van der Waals surface area contributed by atoms with E-state index in [-0.39, 0.29) is 44.5 Å². The van der Waals surface area contributed by atoms with E-state index in [1.54, 1.807) is 14.0 Å². The Balaban J connectivity index is 0.00000121. The molecule has 52 heavy (non-hydrogen) atoms. The second kappa shape index (κ2) is 20.5. The second-order valence-corrected chi connectivity index (χ2v) is 11.2. The Labute approximate surface area is 298 Å². The van der Waals surface area contributed by atoms with Gasteiger partial charge in [-0.2, -0.15) is 13.2 Å². The smallest absolute Gasteiger partial charge is 0.475 e. The van der Waals surface area contributed by atoms with Crippen LogP contribution in [0, 0.1) is 0 Å². The maximum absolute atomic E-state index is 14.5. The quantitative estimate of drug-likeness (QED) is 0.0926. The van der Waals surface area contributed by atoms with Crippen molar-refractivity contribution in [3.63, 3.8) is 0 Å². The summed E-state index contributed by atoms with van der Waals surface area (Å²) < 4.78 is 36.5. The van der Waals surface area contributed by atoms with Crippen molar-refractivity contribution in [3.8, 4) is 0 Å². The van der Waals surface area contributed by atoms with Gasteiger partial charge in [-0.1, -0.05) is 84.9 Å². The Kier molecular flexibility index (Phi) is 16.6. The molecular formula is C35H42F3N7O7. The molecular weight excluding hydrogens is 687 g/mol. The van der Waals surface area contributed by atoms with E-state index >= 15 is 0 Å². The molecule has 0 aromatic heterocycles. The van der Waals surface area contributed by atoms with Gasteiger partial charge in [-0.25, -0.2) is 19.7 Å². The average molecular weight is 730 g/mol. The summed E-state index contributed by atoms with van der Waals surface area (Å²) in [6.45, 7) is 2.39. The van der Waals surface area contributed by atoms with Crippen LogP contribution < -0.4 is 22.5 Å². The highest BCUT2D eigenvalue weighted by molar-refractivity contribution is 5.92. The number of urea groups is 1. The van der Waals surface area contributed by atoms with Crippen LogP contribution in [-0.4, -0.2) is 83.2 Å². The van der Waals surface area contributed by atoms with Crippen LogP contribution in [0.25, 0.3) is 0 Å². The van der Waals surface area contributed by atoms with Crippen LogP contribution in [0.1, 0.15) is 47.9 Å². The molecule has 14 nitrogen and oxygen atoms in total. The number of carbonyl (C=O) groups excluding carboxylic acids is 4. The molecule has 0 heterocycles. The molecule has 0 fully saturated rings. The Morgan fingerprint density at radius 3 is 1.75 bits per heavy atom. The van der Waals surface area contributed by atoms with Gasteiger partial charge in [0.05, 0.1) is 12.5 Å². The minimum absolute atomic E-state index is 0.0594. The third kappa shape index (κ3) is 14.0. The fourth-order valence-electron chi connectivity index (χ4n) is 4.86. The number of carbonyl (C=O) groups is 5. The molecule has 0 unspecified atom stereocenters. The average Bonchev–Trinajstić information content (AvgIpc) is 3.09. The van der Waals surface area contributed by atoms with Crippen LogP contribution in [0.4, 0.5) is 22.8 Å². The van der Waals surface area contributed by atoms with E-state index in [2.05, 4.69) is 10.3 Å². The van der Waals surface area contributed by atoms with Gasteiger partial charge in [0.2, 0.25) is 11.8 Å². The predicted octanol–water partition coefficient (Wildman–Crippen LogP) is 3.69. The number of alkyl halides is 3. The van der Waals surface area contributed by atoms with E-state index in [4.69, 9.17) is 31.8 Å². The number of halogens is 3. The van der Waals surface area contributed by atoms with E-state index in [0.717, 1.165) is 22.3 Å². The standard InChI is InChI=1S/C33H41N7O5.C2HF3O2/c1-3-45-33(44)38-32(43)39(2)21-23-16-18-24(19-17-23)22-40(27(29(34)41)15-10-20-37-31(35)36)30(42)28(25-11-6-4-7-12-25)26-13-8-5-9-14-26;3-2(4,5)1(6)7/h4-9,11-14,16-19,27-28H,3,10,15,20-22H2,1-2H3,(H2,34,41)(H4,35,36,37)(H,38,43,44);(H,6,7)/t27-;/m1./s1. The third-order valence-corrected chi connectivity index (χ3v) is 7.30. The van der Waals surface area contributed by atoms with Crippen LogP contribution in [-0.2, 0) is 32.2 Å². The van der Waals surface area contributed by atoms with E-state index in [0.29, 0.717) is 6.42 Å². The molecule has 5 amide bonds. The van der Waals surface area contributed by atoms with Crippen molar-refractivity contribution in [2.45, 2.75) is 51.0 Å².